The molecule has 96 valence electrons. The molecule has 0 aliphatic carbocycles. The molecule has 0 saturated carbocycles. The maximum Gasteiger partial charge on any atom is 0.416 e. The van der Waals surface area contributed by atoms with E-state index in [2.05, 4.69) is 0 Å². The maximum absolute atomic E-state index is 12.6. The highest BCUT2D eigenvalue weighted by atomic mass is 19.4. The smallest absolute Gasteiger partial charge is 0.416 e. The molecule has 5 heteroatoms. The van der Waals surface area contributed by atoms with Crippen LogP contribution in [0.5, 0.6) is 0 Å². The number of benzene rings is 1. The van der Waals surface area contributed by atoms with Crippen LogP contribution in [-0.4, -0.2) is 0 Å². The Kier molecular flexibility index (Phi) is 3.17. The Morgan fingerprint density at radius 3 is 2.50 bits per heavy atom. The summed E-state index contributed by atoms with van der Waals surface area (Å²) in [6.45, 7) is 1.80. The van der Waals surface area contributed by atoms with Gasteiger partial charge in [-0.3, -0.25) is 0 Å². The third-order valence-electron chi connectivity index (χ3n) is 2.76. The molecule has 18 heavy (non-hydrogen) atoms. The first-order valence-electron chi connectivity index (χ1n) is 5.36. The lowest BCUT2D eigenvalue weighted by atomic mass is 10.0. The third kappa shape index (κ3) is 2.41. The SMILES string of the molecule is Cc1ccoc1C(N)c1cccc(C(F)(F)F)c1. The zero-order valence-electron chi connectivity index (χ0n) is 9.66. The minimum atomic E-state index is -4.37. The van der Waals surface area contributed by atoms with Gasteiger partial charge in [-0.05, 0) is 36.2 Å². The monoisotopic (exact) mass is 255 g/mol. The highest BCUT2D eigenvalue weighted by molar-refractivity contribution is 5.33. The van der Waals surface area contributed by atoms with Crippen molar-refractivity contribution in [1.29, 1.82) is 0 Å². The van der Waals surface area contributed by atoms with Gasteiger partial charge in [0.25, 0.3) is 0 Å². The van der Waals surface area contributed by atoms with E-state index < -0.39 is 17.8 Å². The van der Waals surface area contributed by atoms with Crippen LogP contribution in [0.1, 0.15) is 28.5 Å². The van der Waals surface area contributed by atoms with E-state index in [0.29, 0.717) is 11.3 Å². The van der Waals surface area contributed by atoms with Crippen LogP contribution in [0.2, 0.25) is 0 Å². The molecular formula is C13H12F3NO. The van der Waals surface area contributed by atoms with E-state index in [1.165, 1.54) is 12.3 Å². The number of hydrogen-bond donors (Lipinski definition) is 1. The molecule has 0 bridgehead atoms. The molecule has 0 spiro atoms. The van der Waals surface area contributed by atoms with Crippen molar-refractivity contribution in [3.8, 4) is 0 Å². The Hall–Kier alpha value is -1.75. The zero-order valence-corrected chi connectivity index (χ0v) is 9.66. The van der Waals surface area contributed by atoms with E-state index in [9.17, 15) is 13.2 Å². The average molecular weight is 255 g/mol. The number of furan rings is 1. The summed E-state index contributed by atoms with van der Waals surface area (Å²) >= 11 is 0. The van der Waals surface area contributed by atoms with Gasteiger partial charge in [-0.25, -0.2) is 0 Å². The maximum atomic E-state index is 12.6. The molecule has 2 rings (SSSR count). The van der Waals surface area contributed by atoms with Gasteiger partial charge >= 0.3 is 6.18 Å². The molecule has 2 N–H and O–H groups in total. The molecule has 1 aromatic heterocycles. The number of rotatable bonds is 2. The second-order valence-electron chi connectivity index (χ2n) is 4.07. The Balaban J connectivity index is 2.38. The second-order valence-corrected chi connectivity index (χ2v) is 4.07. The first kappa shape index (κ1) is 12.7. The van der Waals surface area contributed by atoms with Crippen molar-refractivity contribution in [2.24, 2.45) is 5.73 Å². The Morgan fingerprint density at radius 2 is 1.94 bits per heavy atom. The van der Waals surface area contributed by atoms with E-state index in [4.69, 9.17) is 10.2 Å². The molecule has 1 unspecified atom stereocenters. The van der Waals surface area contributed by atoms with Crippen molar-refractivity contribution in [3.05, 3.63) is 59.0 Å². The Labute approximate surface area is 102 Å². The first-order valence-corrected chi connectivity index (χ1v) is 5.36. The van der Waals surface area contributed by atoms with Gasteiger partial charge in [0.1, 0.15) is 5.76 Å². The van der Waals surface area contributed by atoms with Crippen molar-refractivity contribution in [2.75, 3.05) is 0 Å². The van der Waals surface area contributed by atoms with Gasteiger partial charge in [0.2, 0.25) is 0 Å². The van der Waals surface area contributed by atoms with Crippen LogP contribution < -0.4 is 5.73 Å². The Bertz CT molecular complexity index is 545. The summed E-state index contributed by atoms with van der Waals surface area (Å²) < 4.78 is 43.0. The standard InChI is InChI=1S/C13H12F3NO/c1-8-5-6-18-12(8)11(17)9-3-2-4-10(7-9)13(14,15)16/h2-7,11H,17H2,1H3. The minimum Gasteiger partial charge on any atom is -0.467 e. The van der Waals surface area contributed by atoms with Gasteiger partial charge < -0.3 is 10.2 Å². The summed E-state index contributed by atoms with van der Waals surface area (Å²) in [5.41, 5.74) is 6.40. The van der Waals surface area contributed by atoms with E-state index in [1.54, 1.807) is 19.1 Å². The second kappa shape index (κ2) is 4.49. The predicted molar refractivity (Wildman–Crippen MR) is 60.9 cm³/mol. The number of nitrogens with two attached hydrogens (primary N) is 1. The molecule has 2 nitrogen and oxygen atoms in total. The van der Waals surface area contributed by atoms with Crippen LogP contribution in [0.25, 0.3) is 0 Å². The van der Waals surface area contributed by atoms with Crippen molar-refractivity contribution in [1.82, 2.24) is 0 Å². The summed E-state index contributed by atoms with van der Waals surface area (Å²) in [7, 11) is 0. The molecule has 0 amide bonds. The molecule has 0 saturated heterocycles. The number of halogens is 3. The predicted octanol–water partition coefficient (Wildman–Crippen LogP) is 3.65. The van der Waals surface area contributed by atoms with Gasteiger partial charge in [-0.2, -0.15) is 13.2 Å². The lowest BCUT2D eigenvalue weighted by molar-refractivity contribution is -0.137. The van der Waals surface area contributed by atoms with E-state index in [-0.39, 0.29) is 0 Å². The highest BCUT2D eigenvalue weighted by Crippen LogP contribution is 2.32. The molecule has 1 heterocycles. The fourth-order valence-electron chi connectivity index (χ4n) is 1.76. The van der Waals surface area contributed by atoms with E-state index in [1.807, 2.05) is 0 Å². The zero-order chi connectivity index (χ0) is 13.3. The summed E-state index contributed by atoms with van der Waals surface area (Å²) in [4.78, 5) is 0. The van der Waals surface area contributed by atoms with E-state index >= 15 is 0 Å². The molecule has 0 aliphatic heterocycles. The first-order chi connectivity index (χ1) is 8.39. The van der Waals surface area contributed by atoms with Crippen LogP contribution in [0.4, 0.5) is 13.2 Å². The van der Waals surface area contributed by atoms with Crippen LogP contribution in [-0.2, 0) is 6.18 Å². The largest absolute Gasteiger partial charge is 0.467 e. The van der Waals surface area contributed by atoms with Gasteiger partial charge in [-0.1, -0.05) is 12.1 Å². The summed E-state index contributed by atoms with van der Waals surface area (Å²) in [5, 5.41) is 0. The topological polar surface area (TPSA) is 39.2 Å². The van der Waals surface area contributed by atoms with Crippen molar-refractivity contribution < 1.29 is 17.6 Å². The third-order valence-corrected chi connectivity index (χ3v) is 2.76. The van der Waals surface area contributed by atoms with Crippen molar-refractivity contribution in [2.45, 2.75) is 19.1 Å². The lowest BCUT2D eigenvalue weighted by Crippen LogP contribution is -2.14. The number of hydrogen-bond acceptors (Lipinski definition) is 2. The van der Waals surface area contributed by atoms with Gasteiger partial charge in [0.05, 0.1) is 17.9 Å². The van der Waals surface area contributed by atoms with Crippen LogP contribution in [0.3, 0.4) is 0 Å². The summed E-state index contributed by atoms with van der Waals surface area (Å²) in [5.74, 6) is 0.481. The van der Waals surface area contributed by atoms with Gasteiger partial charge in [0.15, 0.2) is 0 Å². The average Bonchev–Trinajstić information content (AvgIpc) is 2.73. The fraction of sp³-hybridized carbons (Fsp3) is 0.231. The highest BCUT2D eigenvalue weighted by Gasteiger charge is 2.31. The van der Waals surface area contributed by atoms with Crippen molar-refractivity contribution in [3.63, 3.8) is 0 Å². The molecular weight excluding hydrogens is 243 g/mol. The fourth-order valence-corrected chi connectivity index (χ4v) is 1.76. The normalized spacial score (nSPS) is 13.6. The molecule has 1 atom stereocenters. The molecule has 1 aromatic carbocycles. The molecule has 0 radical (unpaired) electrons. The van der Waals surface area contributed by atoms with Gasteiger partial charge in [-0.15, -0.1) is 0 Å². The van der Waals surface area contributed by atoms with E-state index in [0.717, 1.165) is 17.7 Å². The van der Waals surface area contributed by atoms with Crippen LogP contribution in [0, 0.1) is 6.92 Å². The lowest BCUT2D eigenvalue weighted by Gasteiger charge is -2.13. The van der Waals surface area contributed by atoms with Gasteiger partial charge in [0, 0.05) is 0 Å². The molecule has 2 aromatic rings. The van der Waals surface area contributed by atoms with Crippen LogP contribution in [0.15, 0.2) is 41.0 Å². The number of alkyl halides is 3. The molecule has 0 fully saturated rings. The number of aryl methyl sites for hydroxylation is 1. The summed E-state index contributed by atoms with van der Waals surface area (Å²) in [6.07, 6.45) is -2.90. The Morgan fingerprint density at radius 1 is 1.22 bits per heavy atom. The van der Waals surface area contributed by atoms with Crippen molar-refractivity contribution >= 4 is 0 Å². The summed E-state index contributed by atoms with van der Waals surface area (Å²) in [6, 6.07) is 6.00. The quantitative estimate of drug-likeness (QED) is 0.889. The van der Waals surface area contributed by atoms with Crippen LogP contribution >= 0.6 is 0 Å². The molecule has 0 aliphatic rings. The minimum absolute atomic E-state index is 0.378.